The lowest BCUT2D eigenvalue weighted by atomic mass is 9.93. The molecule has 0 saturated heterocycles. The molecule has 0 amide bonds. The zero-order chi connectivity index (χ0) is 11.5. The first kappa shape index (κ1) is 11.2. The molecule has 1 aromatic rings. The van der Waals surface area contributed by atoms with Crippen LogP contribution in [0.4, 0.5) is 0 Å². The predicted octanol–water partition coefficient (Wildman–Crippen LogP) is 4.76. The van der Waals surface area contributed by atoms with Crippen LogP contribution in [-0.4, -0.2) is 0 Å². The van der Waals surface area contributed by atoms with Crippen LogP contribution >= 0.6 is 0 Å². The van der Waals surface area contributed by atoms with Gasteiger partial charge in [-0.2, -0.15) is 0 Å². The number of hydrogen-bond acceptors (Lipinski definition) is 0. The monoisotopic (exact) mass is 212 g/mol. The van der Waals surface area contributed by atoms with Gasteiger partial charge in [-0.05, 0) is 48.5 Å². The Hall–Kier alpha value is -1.30. The Morgan fingerprint density at radius 1 is 1.00 bits per heavy atom. The molecule has 84 valence electrons. The van der Waals surface area contributed by atoms with E-state index < -0.39 is 0 Å². The second-order valence-electron chi connectivity index (χ2n) is 4.33. The van der Waals surface area contributed by atoms with Crippen molar-refractivity contribution in [3.8, 4) is 0 Å². The third-order valence-corrected chi connectivity index (χ3v) is 3.30. The van der Waals surface area contributed by atoms with Gasteiger partial charge in [0.05, 0.1) is 0 Å². The average molecular weight is 212 g/mol. The largest absolute Gasteiger partial charge is 0.0727 e. The Labute approximate surface area is 98.7 Å². The second kappa shape index (κ2) is 4.69. The molecule has 0 atom stereocenters. The van der Waals surface area contributed by atoms with E-state index in [-0.39, 0.29) is 0 Å². The lowest BCUT2D eigenvalue weighted by molar-refractivity contribution is 0.965. The van der Waals surface area contributed by atoms with E-state index in [9.17, 15) is 0 Å². The van der Waals surface area contributed by atoms with Gasteiger partial charge in [-0.25, -0.2) is 0 Å². The third kappa shape index (κ3) is 1.84. The van der Waals surface area contributed by atoms with Gasteiger partial charge < -0.3 is 0 Å². The van der Waals surface area contributed by atoms with Gasteiger partial charge in [0.15, 0.2) is 0 Å². The highest BCUT2D eigenvalue weighted by atomic mass is 14.3. The fourth-order valence-corrected chi connectivity index (χ4v) is 2.58. The highest BCUT2D eigenvalue weighted by Gasteiger charge is 2.21. The SMILES string of the molecule is CC.CC1=CC2=C(CC1)c1ccccc1C2. The molecule has 0 radical (unpaired) electrons. The van der Waals surface area contributed by atoms with Gasteiger partial charge in [-0.1, -0.05) is 49.8 Å². The van der Waals surface area contributed by atoms with Crippen molar-refractivity contribution in [3.05, 3.63) is 52.6 Å². The standard InChI is InChI=1S/C14H14.C2H6/c1-10-6-7-14-12(8-10)9-11-4-2-3-5-13(11)14;1-2/h2-5,8H,6-7,9H2,1H3;1-2H3. The maximum Gasteiger partial charge on any atom is -0.00168 e. The fourth-order valence-electron chi connectivity index (χ4n) is 2.58. The molecule has 0 heterocycles. The van der Waals surface area contributed by atoms with Crippen molar-refractivity contribution in [1.82, 2.24) is 0 Å². The van der Waals surface area contributed by atoms with E-state index in [1.54, 1.807) is 11.1 Å². The quantitative estimate of drug-likeness (QED) is 0.581. The molecular formula is C16H20. The summed E-state index contributed by atoms with van der Waals surface area (Å²) in [5, 5.41) is 0. The summed E-state index contributed by atoms with van der Waals surface area (Å²) in [7, 11) is 0. The van der Waals surface area contributed by atoms with Crippen LogP contribution in [0.2, 0.25) is 0 Å². The Morgan fingerprint density at radius 3 is 2.56 bits per heavy atom. The smallest absolute Gasteiger partial charge is 0.00168 e. The molecule has 0 nitrogen and oxygen atoms in total. The van der Waals surface area contributed by atoms with Gasteiger partial charge in [0.1, 0.15) is 0 Å². The van der Waals surface area contributed by atoms with Crippen molar-refractivity contribution in [3.63, 3.8) is 0 Å². The van der Waals surface area contributed by atoms with Gasteiger partial charge in [0.25, 0.3) is 0 Å². The number of benzene rings is 1. The number of rotatable bonds is 0. The maximum absolute atomic E-state index is 2.39. The summed E-state index contributed by atoms with van der Waals surface area (Å²) in [5.74, 6) is 0. The van der Waals surface area contributed by atoms with Crippen LogP contribution in [0.3, 0.4) is 0 Å². The maximum atomic E-state index is 2.39. The summed E-state index contributed by atoms with van der Waals surface area (Å²) in [4.78, 5) is 0. The molecule has 0 spiro atoms. The molecule has 0 aliphatic heterocycles. The summed E-state index contributed by atoms with van der Waals surface area (Å²) in [5.41, 5.74) is 7.73. The number of hydrogen-bond donors (Lipinski definition) is 0. The van der Waals surface area contributed by atoms with E-state index in [0.29, 0.717) is 0 Å². The number of allylic oxidation sites excluding steroid dienone is 4. The summed E-state index contributed by atoms with van der Waals surface area (Å²) in [6.45, 7) is 6.24. The lowest BCUT2D eigenvalue weighted by Crippen LogP contribution is -1.92. The molecule has 0 N–H and O–H groups in total. The van der Waals surface area contributed by atoms with Gasteiger partial charge in [-0.3, -0.25) is 0 Å². The molecule has 2 aliphatic rings. The first-order valence-corrected chi connectivity index (χ1v) is 6.32. The molecule has 0 aromatic heterocycles. The normalized spacial score (nSPS) is 17.1. The molecule has 0 fully saturated rings. The van der Waals surface area contributed by atoms with E-state index >= 15 is 0 Å². The van der Waals surface area contributed by atoms with Gasteiger partial charge in [0.2, 0.25) is 0 Å². The molecule has 16 heavy (non-hydrogen) atoms. The van der Waals surface area contributed by atoms with Gasteiger partial charge in [0, 0.05) is 0 Å². The fraction of sp³-hybridized carbons (Fsp3) is 0.375. The minimum Gasteiger partial charge on any atom is -0.0727 e. The molecule has 1 aromatic carbocycles. The topological polar surface area (TPSA) is 0 Å². The first-order valence-electron chi connectivity index (χ1n) is 6.32. The van der Waals surface area contributed by atoms with E-state index in [1.807, 2.05) is 13.8 Å². The predicted molar refractivity (Wildman–Crippen MR) is 71.4 cm³/mol. The van der Waals surface area contributed by atoms with Crippen molar-refractivity contribution in [1.29, 1.82) is 0 Å². The molecule has 0 saturated carbocycles. The van der Waals surface area contributed by atoms with Crippen LogP contribution in [0.5, 0.6) is 0 Å². The van der Waals surface area contributed by atoms with E-state index in [4.69, 9.17) is 0 Å². The van der Waals surface area contributed by atoms with Crippen molar-refractivity contribution in [2.45, 2.75) is 40.0 Å². The molecule has 3 rings (SSSR count). The van der Waals surface area contributed by atoms with Crippen LogP contribution in [0.1, 0.15) is 44.7 Å². The summed E-state index contributed by atoms with van der Waals surface area (Å²) in [6, 6.07) is 8.83. The molecular weight excluding hydrogens is 192 g/mol. The van der Waals surface area contributed by atoms with Crippen molar-refractivity contribution in [2.24, 2.45) is 0 Å². The Kier molecular flexibility index (Phi) is 3.28. The Bertz CT molecular complexity index is 447. The minimum atomic E-state index is 1.16. The summed E-state index contributed by atoms with van der Waals surface area (Å²) >= 11 is 0. The lowest BCUT2D eigenvalue weighted by Gasteiger charge is -2.12. The third-order valence-electron chi connectivity index (χ3n) is 3.30. The van der Waals surface area contributed by atoms with E-state index in [2.05, 4.69) is 37.3 Å². The highest BCUT2D eigenvalue weighted by molar-refractivity contribution is 5.79. The van der Waals surface area contributed by atoms with Crippen molar-refractivity contribution >= 4 is 5.57 Å². The van der Waals surface area contributed by atoms with Crippen LogP contribution in [-0.2, 0) is 6.42 Å². The van der Waals surface area contributed by atoms with Crippen LogP contribution in [0.15, 0.2) is 41.5 Å². The van der Waals surface area contributed by atoms with Crippen molar-refractivity contribution in [2.75, 3.05) is 0 Å². The van der Waals surface area contributed by atoms with Crippen LogP contribution < -0.4 is 0 Å². The van der Waals surface area contributed by atoms with E-state index in [0.717, 1.165) is 6.42 Å². The zero-order valence-electron chi connectivity index (χ0n) is 10.5. The molecule has 0 heteroatoms. The van der Waals surface area contributed by atoms with Crippen LogP contribution in [0, 0.1) is 0 Å². The average Bonchev–Trinajstić information content (AvgIpc) is 2.68. The molecule has 2 aliphatic carbocycles. The highest BCUT2D eigenvalue weighted by Crippen LogP contribution is 2.40. The van der Waals surface area contributed by atoms with Crippen molar-refractivity contribution < 1.29 is 0 Å². The Morgan fingerprint density at radius 2 is 1.75 bits per heavy atom. The van der Waals surface area contributed by atoms with Crippen LogP contribution in [0.25, 0.3) is 5.57 Å². The second-order valence-corrected chi connectivity index (χ2v) is 4.33. The zero-order valence-corrected chi connectivity index (χ0v) is 10.5. The summed E-state index contributed by atoms with van der Waals surface area (Å²) < 4.78 is 0. The molecule has 0 bridgehead atoms. The minimum absolute atomic E-state index is 1.16. The number of fused-ring (bicyclic) bond motifs is 2. The van der Waals surface area contributed by atoms with Gasteiger partial charge >= 0.3 is 0 Å². The Balaban J connectivity index is 0.000000457. The van der Waals surface area contributed by atoms with E-state index in [1.165, 1.54) is 29.5 Å². The molecule has 0 unspecified atom stereocenters. The first-order chi connectivity index (χ1) is 7.84. The summed E-state index contributed by atoms with van der Waals surface area (Å²) in [6.07, 6.45) is 6.03. The van der Waals surface area contributed by atoms with Gasteiger partial charge in [-0.15, -0.1) is 0 Å².